The van der Waals surface area contributed by atoms with E-state index in [9.17, 15) is 0 Å². The van der Waals surface area contributed by atoms with Crippen molar-refractivity contribution in [2.75, 3.05) is 0 Å². The van der Waals surface area contributed by atoms with Gasteiger partial charge in [-0.3, -0.25) is 0 Å². The average molecular weight is 728 g/mol. The maximum Gasteiger partial charge on any atom is 4.00 e. The molecule has 0 nitrogen and oxygen atoms in total. The number of halogens is 2. The number of hydrogen-bond acceptors (Lipinski definition) is 0. The monoisotopic (exact) mass is 723 g/mol. The summed E-state index contributed by atoms with van der Waals surface area (Å²) in [6.07, 6.45) is 0. The Bertz CT molecular complexity index is 98.2. The molecule has 1 rings (SSSR count). The molecule has 1 aromatic carbocycles. The summed E-state index contributed by atoms with van der Waals surface area (Å²) < 4.78 is 4.55. The summed E-state index contributed by atoms with van der Waals surface area (Å²) >= 11 is 4.85. The van der Waals surface area contributed by atoms with Crippen molar-refractivity contribution in [2.24, 2.45) is 0 Å². The first-order chi connectivity index (χ1) is 4.50. The predicted octanol–water partition coefficient (Wildman–Crippen LogP) is -6.54. The largest absolute Gasteiger partial charge is 4.00 e. The molecule has 0 saturated heterocycles. The molecule has 0 aliphatic heterocycles. The predicted molar refractivity (Wildman–Crippen MR) is 52.5 cm³/mol. The molecule has 0 unspecified atom stereocenters. The summed E-state index contributed by atoms with van der Waals surface area (Å²) in [5.41, 5.74) is 0. The molecule has 0 aliphatic carbocycles. The van der Waals surface area contributed by atoms with E-state index < -0.39 is 0 Å². The molecule has 7 heteroatoms. The van der Waals surface area contributed by atoms with E-state index in [0.717, 1.165) is 0 Å². The minimum Gasteiger partial charge on any atom is -0.214 e. The molecule has 1 aromatic rings. The van der Waals surface area contributed by atoms with Gasteiger partial charge in [0.1, 0.15) is 0 Å². The summed E-state index contributed by atoms with van der Waals surface area (Å²) in [5.74, 6) is 0. The van der Waals surface area contributed by atoms with Crippen molar-refractivity contribution in [1.29, 1.82) is 0 Å². The molecule has 5 radical (unpaired) electrons. The summed E-state index contributed by atoms with van der Waals surface area (Å²) in [4.78, 5) is 0. The van der Waals surface area contributed by atoms with Gasteiger partial charge in [-0.2, -0.15) is 18.2 Å². The molecule has 0 saturated carbocycles. The van der Waals surface area contributed by atoms with Crippen LogP contribution in [-0.4, -0.2) is 87.9 Å². The molecule has 0 spiro atoms. The third kappa shape index (κ3) is 38.7. The maximum atomic E-state index is 4.55. The quantitative estimate of drug-likeness (QED) is 0.185. The van der Waals surface area contributed by atoms with Gasteiger partial charge in [-0.05, 0) is 0 Å². The molecule has 0 fully saturated rings. The van der Waals surface area contributed by atoms with Crippen molar-refractivity contribution in [3.05, 3.63) is 30.3 Å². The van der Waals surface area contributed by atoms with E-state index in [2.05, 4.69) is 4.45 Å². The van der Waals surface area contributed by atoms with Gasteiger partial charge < -0.3 is 24.8 Å². The minimum absolute atomic E-state index is 0. The molecule has 0 N–H and O–H groups in total. The van der Waals surface area contributed by atoms with Gasteiger partial charge in [0.05, 0.1) is 0 Å². The zero-order valence-corrected chi connectivity index (χ0v) is 21.0. The molecule has 69 valence electrons. The summed E-state index contributed by atoms with van der Waals surface area (Å²) in [5, 5.41) is 0. The molecule has 0 amide bonds. The molecular formula is C6H7Cl2Sb4Zr. The standard InChI is InChI=1S/C5H5.CH.2ClH.4Sb.Zr.H/c1-2-4-5-3-1;;;;;;;;;/h1-5H;3*1H;;;;;;/q2*-1;;;;;;;+4;/p-2. The number of rotatable bonds is 0. The van der Waals surface area contributed by atoms with E-state index in [1.807, 2.05) is 30.3 Å². The molecule has 0 bridgehead atoms. The smallest absolute Gasteiger partial charge is 0.214 e. The van der Waals surface area contributed by atoms with Crippen molar-refractivity contribution in [3.8, 4) is 0 Å². The van der Waals surface area contributed by atoms with E-state index in [1.165, 1.54) is 22.5 Å². The molecule has 13 heavy (non-hydrogen) atoms. The van der Waals surface area contributed by atoms with Crippen LogP contribution in [0, 0.1) is 0 Å². The van der Waals surface area contributed by atoms with Crippen molar-refractivity contribution in [3.63, 3.8) is 0 Å². The fourth-order valence-electron chi connectivity index (χ4n) is 0.321. The van der Waals surface area contributed by atoms with Crippen LogP contribution in [0.3, 0.4) is 0 Å². The van der Waals surface area contributed by atoms with Gasteiger partial charge in [0.25, 0.3) is 0 Å². The van der Waals surface area contributed by atoms with Gasteiger partial charge in [-0.1, -0.05) is 0 Å². The second-order valence-electron chi connectivity index (χ2n) is 0.962. The van der Waals surface area contributed by atoms with Crippen LogP contribution >= 0.6 is 0 Å². The van der Waals surface area contributed by atoms with Crippen LogP contribution in [0.1, 0.15) is 0 Å². The van der Waals surface area contributed by atoms with Gasteiger partial charge in [0, 0.05) is 0 Å². The van der Waals surface area contributed by atoms with Crippen LogP contribution in [0.15, 0.2) is 30.3 Å². The summed E-state index contributed by atoms with van der Waals surface area (Å²) in [6, 6.07) is 10.0. The van der Waals surface area contributed by atoms with E-state index in [1.54, 1.807) is 36.5 Å². The Hall–Kier alpha value is 3.96. The van der Waals surface area contributed by atoms with Crippen LogP contribution in [0.5, 0.6) is 0 Å². The zero-order chi connectivity index (χ0) is 7.54. The third-order valence-electron chi connectivity index (χ3n) is 0.556. The van der Waals surface area contributed by atoms with E-state index in [-0.39, 0.29) is 75.4 Å². The van der Waals surface area contributed by atoms with E-state index >= 15 is 0 Å². The van der Waals surface area contributed by atoms with Crippen LogP contribution in [0.2, 0.25) is 0 Å². The Labute approximate surface area is 165 Å². The van der Waals surface area contributed by atoms with E-state index in [0.29, 0.717) is 0 Å². The van der Waals surface area contributed by atoms with Crippen molar-refractivity contribution in [2.45, 2.75) is 0 Å². The van der Waals surface area contributed by atoms with Crippen molar-refractivity contribution in [1.82, 2.24) is 0 Å². The van der Waals surface area contributed by atoms with Crippen LogP contribution < -0.4 is 24.8 Å². The first kappa shape index (κ1) is 36.0. The third-order valence-corrected chi connectivity index (χ3v) is 0.556. The molecule has 0 heterocycles. The second-order valence-corrected chi connectivity index (χ2v) is 0.962. The van der Waals surface area contributed by atoms with Crippen molar-refractivity contribution < 1.29 is 51.0 Å². The molecule has 0 aliphatic rings. The molecule has 0 aromatic heterocycles. The van der Waals surface area contributed by atoms with Gasteiger partial charge >= 0.3 is 114 Å². The average Bonchev–Trinajstić information content (AvgIpc) is 2.51. The molecule has 0 atom stereocenters. The Morgan fingerprint density at radius 3 is 1.23 bits per heavy atom. The fraction of sp³-hybridized carbons (Fsp3) is 0. The van der Waals surface area contributed by atoms with Gasteiger partial charge in [0.2, 0.25) is 0 Å². The van der Waals surface area contributed by atoms with E-state index in [4.69, 9.17) is 0 Å². The fourth-order valence-corrected chi connectivity index (χ4v) is 0.321. The number of hydrogen-bond donors (Lipinski definition) is 0. The van der Waals surface area contributed by atoms with Crippen molar-refractivity contribution >= 4 is 87.9 Å². The van der Waals surface area contributed by atoms with Crippen LogP contribution in [-0.2, 0) is 26.2 Å². The Balaban J connectivity index is -0.0000000141. The minimum atomic E-state index is 0. The van der Waals surface area contributed by atoms with Gasteiger partial charge in [-0.25, -0.2) is 12.1 Å². The van der Waals surface area contributed by atoms with Gasteiger partial charge in [0.15, 0.2) is 0 Å². The van der Waals surface area contributed by atoms with Crippen LogP contribution in [0.25, 0.3) is 0 Å². The SMILES string of the molecule is [CH-]=[Sb].[Cl-].[Cl-].[SbH].[Sb]=[Sb].[Zr+4].c1cc[cH-]c1. The van der Waals surface area contributed by atoms with Crippen LogP contribution in [0.4, 0.5) is 0 Å². The zero-order valence-electron chi connectivity index (χ0n) is 6.56. The first-order valence-electron chi connectivity index (χ1n) is 2.12. The molecular weight excluding hydrogens is 721 g/mol. The summed E-state index contributed by atoms with van der Waals surface area (Å²) in [7, 11) is 0. The topological polar surface area (TPSA) is 0 Å². The summed E-state index contributed by atoms with van der Waals surface area (Å²) in [6.45, 7) is 0. The Kier molecular flexibility index (Phi) is 123. The normalized spacial score (nSPS) is 3.69. The first-order valence-corrected chi connectivity index (χ1v) is 12.4. The van der Waals surface area contributed by atoms with Gasteiger partial charge in [-0.15, -0.1) is 0 Å². The second kappa shape index (κ2) is 44.5. The Morgan fingerprint density at radius 2 is 1.15 bits per heavy atom. The Morgan fingerprint density at radius 1 is 0.923 bits per heavy atom. The maximum absolute atomic E-state index is 4.55.